The molecule has 0 saturated carbocycles. The predicted octanol–water partition coefficient (Wildman–Crippen LogP) is 4.44. The molecular formula is C20H27NO. The Morgan fingerprint density at radius 1 is 0.864 bits per heavy atom. The van der Waals surface area contributed by atoms with Gasteiger partial charge in [0.2, 0.25) is 0 Å². The number of benzene rings is 2. The number of rotatable bonds is 7. The number of hydrogen-bond acceptors (Lipinski definition) is 2. The van der Waals surface area contributed by atoms with Crippen LogP contribution in [-0.2, 0) is 13.0 Å². The third-order valence-corrected chi connectivity index (χ3v) is 3.41. The standard InChI is InChI=1S/C20H27NO/c1-20(2,3)16-21-15-18-9-11-19(12-10-18)22-14-13-17-7-5-4-6-8-17/h4-12,21H,13-16H2,1-3H3. The van der Waals surface area contributed by atoms with Gasteiger partial charge < -0.3 is 10.1 Å². The minimum atomic E-state index is 0.320. The van der Waals surface area contributed by atoms with E-state index < -0.39 is 0 Å². The van der Waals surface area contributed by atoms with E-state index in [1.165, 1.54) is 11.1 Å². The van der Waals surface area contributed by atoms with E-state index in [-0.39, 0.29) is 0 Å². The maximum Gasteiger partial charge on any atom is 0.119 e. The summed E-state index contributed by atoms with van der Waals surface area (Å²) >= 11 is 0. The van der Waals surface area contributed by atoms with E-state index in [1.54, 1.807) is 0 Å². The quantitative estimate of drug-likeness (QED) is 0.815. The number of nitrogens with one attached hydrogen (secondary N) is 1. The molecule has 0 radical (unpaired) electrons. The molecule has 0 bridgehead atoms. The minimum Gasteiger partial charge on any atom is -0.493 e. The van der Waals surface area contributed by atoms with Crippen molar-refractivity contribution in [3.8, 4) is 5.75 Å². The first-order valence-electron chi connectivity index (χ1n) is 7.99. The largest absolute Gasteiger partial charge is 0.493 e. The van der Waals surface area contributed by atoms with Crippen molar-refractivity contribution in [3.05, 3.63) is 65.7 Å². The Hall–Kier alpha value is -1.80. The Balaban J connectivity index is 1.72. The summed E-state index contributed by atoms with van der Waals surface area (Å²) in [4.78, 5) is 0. The normalized spacial score (nSPS) is 11.4. The van der Waals surface area contributed by atoms with Gasteiger partial charge in [-0.25, -0.2) is 0 Å². The summed E-state index contributed by atoms with van der Waals surface area (Å²) in [5, 5.41) is 3.48. The first-order valence-corrected chi connectivity index (χ1v) is 7.99. The molecule has 2 nitrogen and oxygen atoms in total. The Kier molecular flexibility index (Phi) is 6.02. The molecule has 2 aromatic rings. The third kappa shape index (κ3) is 6.31. The SMILES string of the molecule is CC(C)(C)CNCc1ccc(OCCc2ccccc2)cc1. The van der Waals surface area contributed by atoms with Crippen molar-refractivity contribution < 1.29 is 4.74 Å². The maximum absolute atomic E-state index is 5.80. The summed E-state index contributed by atoms with van der Waals surface area (Å²) in [7, 11) is 0. The van der Waals surface area contributed by atoms with E-state index in [0.29, 0.717) is 12.0 Å². The summed E-state index contributed by atoms with van der Waals surface area (Å²) in [5.74, 6) is 0.940. The van der Waals surface area contributed by atoms with E-state index in [1.807, 2.05) is 6.07 Å². The lowest BCUT2D eigenvalue weighted by Crippen LogP contribution is -2.26. The highest BCUT2D eigenvalue weighted by atomic mass is 16.5. The van der Waals surface area contributed by atoms with Gasteiger partial charge in [0.25, 0.3) is 0 Å². The van der Waals surface area contributed by atoms with Crippen molar-refractivity contribution in [3.63, 3.8) is 0 Å². The van der Waals surface area contributed by atoms with Gasteiger partial charge in [-0.3, -0.25) is 0 Å². The van der Waals surface area contributed by atoms with Crippen LogP contribution in [0.4, 0.5) is 0 Å². The van der Waals surface area contributed by atoms with Crippen molar-refractivity contribution in [2.24, 2.45) is 5.41 Å². The molecule has 118 valence electrons. The first-order chi connectivity index (χ1) is 10.5. The second-order valence-electron chi connectivity index (χ2n) is 6.89. The van der Waals surface area contributed by atoms with E-state index >= 15 is 0 Å². The molecule has 0 atom stereocenters. The zero-order valence-corrected chi connectivity index (χ0v) is 13.9. The molecule has 0 unspecified atom stereocenters. The van der Waals surface area contributed by atoms with Gasteiger partial charge in [-0.1, -0.05) is 63.2 Å². The zero-order chi connectivity index (χ0) is 15.8. The Labute approximate surface area is 134 Å². The van der Waals surface area contributed by atoms with Crippen LogP contribution in [0.25, 0.3) is 0 Å². The molecule has 0 heterocycles. The van der Waals surface area contributed by atoms with Crippen LogP contribution in [0.2, 0.25) is 0 Å². The van der Waals surface area contributed by atoms with E-state index in [2.05, 4.69) is 74.6 Å². The third-order valence-electron chi connectivity index (χ3n) is 3.41. The van der Waals surface area contributed by atoms with Gasteiger partial charge in [0.05, 0.1) is 6.61 Å². The zero-order valence-electron chi connectivity index (χ0n) is 13.9. The Morgan fingerprint density at radius 2 is 1.55 bits per heavy atom. The van der Waals surface area contributed by atoms with Crippen LogP contribution < -0.4 is 10.1 Å². The average Bonchev–Trinajstić information content (AvgIpc) is 2.49. The molecule has 2 heteroatoms. The molecule has 0 saturated heterocycles. The lowest BCUT2D eigenvalue weighted by molar-refractivity contribution is 0.322. The summed E-state index contributed by atoms with van der Waals surface area (Å²) in [6, 6.07) is 18.8. The topological polar surface area (TPSA) is 21.3 Å². The van der Waals surface area contributed by atoms with Gasteiger partial charge >= 0.3 is 0 Å². The van der Waals surface area contributed by atoms with Gasteiger partial charge in [-0.05, 0) is 28.7 Å². The number of ether oxygens (including phenoxy) is 1. The monoisotopic (exact) mass is 297 g/mol. The lowest BCUT2D eigenvalue weighted by Gasteiger charge is -2.18. The fourth-order valence-corrected chi connectivity index (χ4v) is 2.22. The van der Waals surface area contributed by atoms with Crippen LogP contribution >= 0.6 is 0 Å². The average molecular weight is 297 g/mol. The van der Waals surface area contributed by atoms with E-state index in [0.717, 1.165) is 25.3 Å². The van der Waals surface area contributed by atoms with Crippen molar-refractivity contribution in [2.75, 3.05) is 13.2 Å². The van der Waals surface area contributed by atoms with Gasteiger partial charge in [-0.2, -0.15) is 0 Å². The van der Waals surface area contributed by atoms with Crippen molar-refractivity contribution in [1.82, 2.24) is 5.32 Å². The van der Waals surface area contributed by atoms with E-state index in [4.69, 9.17) is 4.74 Å². The van der Waals surface area contributed by atoms with Crippen LogP contribution in [0.5, 0.6) is 5.75 Å². The molecule has 0 aromatic heterocycles. The van der Waals surface area contributed by atoms with Crippen molar-refractivity contribution in [1.29, 1.82) is 0 Å². The Bertz CT molecular complexity index is 540. The predicted molar refractivity (Wildman–Crippen MR) is 93.2 cm³/mol. The smallest absolute Gasteiger partial charge is 0.119 e. The molecule has 0 spiro atoms. The Morgan fingerprint density at radius 3 is 2.18 bits per heavy atom. The summed E-state index contributed by atoms with van der Waals surface area (Å²) < 4.78 is 5.80. The van der Waals surface area contributed by atoms with Gasteiger partial charge in [0, 0.05) is 19.5 Å². The van der Waals surface area contributed by atoms with Gasteiger partial charge in [0.1, 0.15) is 5.75 Å². The molecule has 0 aliphatic rings. The van der Waals surface area contributed by atoms with E-state index in [9.17, 15) is 0 Å². The lowest BCUT2D eigenvalue weighted by atomic mass is 9.97. The first kappa shape index (κ1) is 16.6. The molecule has 1 N–H and O–H groups in total. The fourth-order valence-electron chi connectivity index (χ4n) is 2.22. The molecule has 2 rings (SSSR count). The highest BCUT2D eigenvalue weighted by molar-refractivity contribution is 5.27. The summed E-state index contributed by atoms with van der Waals surface area (Å²) in [6.07, 6.45) is 0.940. The molecular weight excluding hydrogens is 270 g/mol. The molecule has 0 fully saturated rings. The van der Waals surface area contributed by atoms with Crippen molar-refractivity contribution >= 4 is 0 Å². The highest BCUT2D eigenvalue weighted by Gasteiger charge is 2.08. The van der Waals surface area contributed by atoms with Crippen LogP contribution in [-0.4, -0.2) is 13.2 Å². The van der Waals surface area contributed by atoms with Gasteiger partial charge in [-0.15, -0.1) is 0 Å². The molecule has 0 amide bonds. The molecule has 0 aliphatic heterocycles. The van der Waals surface area contributed by atoms with Crippen LogP contribution in [0.1, 0.15) is 31.9 Å². The second-order valence-corrected chi connectivity index (χ2v) is 6.89. The van der Waals surface area contributed by atoms with Crippen LogP contribution in [0.3, 0.4) is 0 Å². The molecule has 0 aliphatic carbocycles. The van der Waals surface area contributed by atoms with Crippen molar-refractivity contribution in [2.45, 2.75) is 33.7 Å². The van der Waals surface area contributed by atoms with Crippen LogP contribution in [0, 0.1) is 5.41 Å². The van der Waals surface area contributed by atoms with Crippen LogP contribution in [0.15, 0.2) is 54.6 Å². The summed E-state index contributed by atoms with van der Waals surface area (Å²) in [5.41, 5.74) is 2.92. The number of hydrogen-bond donors (Lipinski definition) is 1. The fraction of sp³-hybridized carbons (Fsp3) is 0.400. The molecule has 22 heavy (non-hydrogen) atoms. The highest BCUT2D eigenvalue weighted by Crippen LogP contribution is 2.14. The second kappa shape index (κ2) is 8.00. The maximum atomic E-state index is 5.80. The summed E-state index contributed by atoms with van der Waals surface area (Å²) in [6.45, 7) is 9.35. The van der Waals surface area contributed by atoms with Gasteiger partial charge in [0.15, 0.2) is 0 Å². The molecule has 2 aromatic carbocycles. The minimum absolute atomic E-state index is 0.320.